The largest absolute Gasteiger partial charge is 0.0529 e. The zero-order valence-corrected chi connectivity index (χ0v) is 24.4. The number of halogens is 4. The van der Waals surface area contributed by atoms with Crippen LogP contribution in [-0.4, -0.2) is 0 Å². The van der Waals surface area contributed by atoms with Gasteiger partial charge in [0.1, 0.15) is 0 Å². The molecule has 0 atom stereocenters. The molecule has 0 spiro atoms. The van der Waals surface area contributed by atoms with Crippen molar-refractivity contribution in [2.75, 3.05) is 0 Å². The quantitative estimate of drug-likeness (QED) is 0.193. The normalized spacial score (nSPS) is 8.92. The Balaban J connectivity index is 2.87. The molecule has 128 valence electrons. The van der Waals surface area contributed by atoms with E-state index in [1.54, 1.807) is 0 Å². The Morgan fingerprint density at radius 2 is 0.846 bits per heavy atom. The zero-order valence-electron chi connectivity index (χ0n) is 12.5. The van der Waals surface area contributed by atoms with E-state index < -0.39 is 0 Å². The van der Waals surface area contributed by atoms with Crippen LogP contribution in [0.5, 0.6) is 0 Å². The Morgan fingerprint density at radius 1 is 0.500 bits per heavy atom. The van der Waals surface area contributed by atoms with E-state index in [0.717, 1.165) is 33.0 Å². The molecule has 0 aromatic heterocycles. The summed E-state index contributed by atoms with van der Waals surface area (Å²) in [5, 5.41) is 14.4. The summed E-state index contributed by atoms with van der Waals surface area (Å²) in [6.45, 7) is 0. The maximum Gasteiger partial charge on any atom is 0.0490 e. The van der Waals surface area contributed by atoms with Crippen LogP contribution in [0.25, 0.3) is 10.8 Å². The smallest absolute Gasteiger partial charge is 0.0490 e. The highest BCUT2D eigenvalue weighted by Gasteiger charge is 2.10. The molecule has 0 heterocycles. The minimum atomic E-state index is 0.934. The Kier molecular flexibility index (Phi) is 12.2. The number of hydrogen-bond donors (Lipinski definition) is 0. The lowest BCUT2D eigenvalue weighted by Gasteiger charge is -2.08. The number of benzene rings is 2. The molecular weight excluding hydrogens is 852 g/mol. The van der Waals surface area contributed by atoms with Crippen LogP contribution in [-0.2, 0) is 0 Å². The first-order valence-electron chi connectivity index (χ1n) is 6.51. The molecule has 0 saturated carbocycles. The molecule has 0 amide bonds. The maximum atomic E-state index is 3.26. The highest BCUT2D eigenvalue weighted by Crippen LogP contribution is 2.28. The predicted octanol–water partition coefficient (Wildman–Crippen LogP) is 8.41. The van der Waals surface area contributed by atoms with Gasteiger partial charge in [0.05, 0.1) is 0 Å². The summed E-state index contributed by atoms with van der Waals surface area (Å²) < 4.78 is 0. The highest BCUT2D eigenvalue weighted by molar-refractivity contribution is 14.2. The summed E-state index contributed by atoms with van der Waals surface area (Å²) in [5.74, 6) is 12.9. The molecule has 0 bridgehead atoms. The average Bonchev–Trinajstić information content (AvgIpc) is 2.67. The third kappa shape index (κ3) is 6.66. The van der Waals surface area contributed by atoms with Crippen LogP contribution < -0.4 is 0 Å². The van der Waals surface area contributed by atoms with Crippen molar-refractivity contribution in [3.05, 3.63) is 46.5 Å². The van der Waals surface area contributed by atoms with Crippen molar-refractivity contribution >= 4 is 131 Å². The highest BCUT2D eigenvalue weighted by atomic mass is 127. The maximum absolute atomic E-state index is 3.26. The molecule has 2 rings (SSSR count). The number of hydrogen-bond acceptors (Lipinski definition) is 4. The minimum Gasteiger partial charge on any atom is -0.0529 e. The third-order valence-electron chi connectivity index (χ3n) is 3.08. The van der Waals surface area contributed by atoms with Crippen LogP contribution in [0.3, 0.4) is 0 Å². The lowest BCUT2D eigenvalue weighted by Crippen LogP contribution is -1.92. The van der Waals surface area contributed by atoms with Gasteiger partial charge in [-0.3, -0.25) is 0 Å². The lowest BCUT2D eigenvalue weighted by molar-refractivity contribution is 1.60. The third-order valence-corrected chi connectivity index (χ3v) is 6.44. The van der Waals surface area contributed by atoms with E-state index in [2.05, 4.69) is 142 Å². The van der Waals surface area contributed by atoms with Crippen molar-refractivity contribution in [2.45, 2.75) is 0 Å². The van der Waals surface area contributed by atoms with Gasteiger partial charge in [-0.1, -0.05) is 35.8 Å². The van der Waals surface area contributed by atoms with E-state index in [1.807, 2.05) is 12.1 Å². The van der Waals surface area contributed by atoms with Crippen LogP contribution in [0.15, 0.2) is 24.3 Å². The Morgan fingerprint density at radius 3 is 1.19 bits per heavy atom. The van der Waals surface area contributed by atoms with Gasteiger partial charge in [0.2, 0.25) is 0 Å². The average molecular weight is 856 g/mol. The first-order valence-corrected chi connectivity index (χ1v) is 19.9. The molecule has 0 fully saturated rings. The zero-order chi connectivity index (χ0) is 18.8. The van der Waals surface area contributed by atoms with Gasteiger partial charge >= 0.3 is 0 Å². The minimum absolute atomic E-state index is 0.934. The fraction of sp³-hybridized carbons (Fsp3) is 0. The number of rotatable bonds is 0. The van der Waals surface area contributed by atoms with Crippen molar-refractivity contribution < 1.29 is 0 Å². The van der Waals surface area contributed by atoms with Gasteiger partial charge in [-0.15, -0.1) is 0 Å². The molecule has 0 nitrogen and oxygen atoms in total. The van der Waals surface area contributed by atoms with Crippen molar-refractivity contribution in [2.24, 2.45) is 0 Å². The van der Waals surface area contributed by atoms with Crippen LogP contribution in [0.4, 0.5) is 0 Å². The summed E-state index contributed by atoms with van der Waals surface area (Å²) in [6, 6.07) is 8.20. The summed E-state index contributed by atoms with van der Waals surface area (Å²) >= 11 is 8.70. The number of fused-ring (bicyclic) bond motifs is 1. The van der Waals surface area contributed by atoms with Crippen LogP contribution in [0.2, 0.25) is 0 Å². The second kappa shape index (κ2) is 13.5. The molecule has 0 aliphatic rings. The van der Waals surface area contributed by atoms with Crippen molar-refractivity contribution in [1.29, 1.82) is 0 Å². The van der Waals surface area contributed by atoms with E-state index in [9.17, 15) is 0 Å². The molecule has 0 N–H and O–H groups in total. The Labute approximate surface area is 218 Å². The van der Waals surface area contributed by atoms with Crippen LogP contribution >= 0.6 is 121 Å². The van der Waals surface area contributed by atoms with Gasteiger partial charge in [-0.25, -0.2) is 0 Å². The molecule has 0 aliphatic carbocycles. The summed E-state index contributed by atoms with van der Waals surface area (Å²) in [6.07, 6.45) is 0. The molecule has 26 heavy (non-hydrogen) atoms. The molecule has 2 aromatic rings. The second-order valence-corrected chi connectivity index (χ2v) is 11.0. The van der Waals surface area contributed by atoms with E-state index in [4.69, 9.17) is 0 Å². The van der Waals surface area contributed by atoms with Gasteiger partial charge in [0.25, 0.3) is 0 Å². The first kappa shape index (κ1) is 23.5. The van der Waals surface area contributed by atoms with Crippen molar-refractivity contribution in [3.8, 4) is 44.7 Å². The molecule has 0 unspecified atom stereocenters. The van der Waals surface area contributed by atoms with Gasteiger partial charge < -0.3 is 0 Å². The monoisotopic (exact) mass is 856 g/mol. The molecule has 8 heteroatoms. The van der Waals surface area contributed by atoms with Gasteiger partial charge in [-0.05, 0) is 79.6 Å². The van der Waals surface area contributed by atoms with Gasteiger partial charge in [0.15, 0.2) is 0 Å². The van der Waals surface area contributed by atoms with E-state index in [0.29, 0.717) is 0 Å². The fourth-order valence-electron chi connectivity index (χ4n) is 2.17. The predicted molar refractivity (Wildman–Crippen MR) is 158 cm³/mol. The second-order valence-electron chi connectivity index (χ2n) is 4.29. The Hall–Kier alpha value is 1.26. The van der Waals surface area contributed by atoms with Crippen molar-refractivity contribution in [1.82, 2.24) is 0 Å². The molecule has 2 aromatic carbocycles. The fourth-order valence-corrected chi connectivity index (χ4v) is 4.07. The first-order chi connectivity index (χ1) is 12.8. The lowest BCUT2D eigenvalue weighted by atomic mass is 9.94. The van der Waals surface area contributed by atoms with E-state index >= 15 is 0 Å². The van der Waals surface area contributed by atoms with Crippen molar-refractivity contribution in [3.63, 3.8) is 0 Å². The standard InChI is InChI=1S/C18H4I4S4/c19-23-9-5-13-1-3-17-16(8-12-26-22)14(6-10-24-20)2-4-18(17)15(13)7-11-25-21/h1-4H. The van der Waals surface area contributed by atoms with Crippen LogP contribution in [0, 0.1) is 44.7 Å². The summed E-state index contributed by atoms with van der Waals surface area (Å²) in [4.78, 5) is 0. The summed E-state index contributed by atoms with van der Waals surface area (Å²) in [7, 11) is 5.87. The molecule has 0 aliphatic heterocycles. The summed E-state index contributed by atoms with van der Waals surface area (Å²) in [5.41, 5.74) is 3.75. The van der Waals surface area contributed by atoms with E-state index in [-0.39, 0.29) is 0 Å². The Bertz CT molecular complexity index is 980. The molecule has 0 radical (unpaired) electrons. The van der Waals surface area contributed by atoms with Gasteiger partial charge in [0, 0.05) is 107 Å². The van der Waals surface area contributed by atoms with Gasteiger partial charge in [-0.2, -0.15) is 0 Å². The molecular formula is C18H4I4S4. The SMILES string of the molecule is ISC#Cc1ccc2c(C#CSI)c(C#CSI)ccc2c1C#CSI. The molecule has 0 saturated heterocycles. The van der Waals surface area contributed by atoms with Crippen LogP contribution in [0.1, 0.15) is 22.3 Å². The van der Waals surface area contributed by atoms with E-state index in [1.165, 1.54) is 35.7 Å². The topological polar surface area (TPSA) is 0 Å².